The van der Waals surface area contributed by atoms with Crippen LogP contribution in [0.15, 0.2) is 29.0 Å². The molecule has 0 N–H and O–H groups in total. The van der Waals surface area contributed by atoms with Crippen molar-refractivity contribution in [2.24, 2.45) is 0 Å². The molecule has 2 aromatic rings. The van der Waals surface area contributed by atoms with Gasteiger partial charge in [0.15, 0.2) is 17.8 Å². The highest BCUT2D eigenvalue weighted by Crippen LogP contribution is 2.16. The zero-order chi connectivity index (χ0) is 8.55. The fourth-order valence-electron chi connectivity index (χ4n) is 1.17. The summed E-state index contributed by atoms with van der Waals surface area (Å²) in [6, 6.07) is 5.31. The number of nitrogens with zero attached hydrogens (tertiary/aromatic N) is 1. The van der Waals surface area contributed by atoms with E-state index in [1.165, 1.54) is 13.3 Å². The second-order valence-electron chi connectivity index (χ2n) is 2.56. The molecule has 0 fully saturated rings. The molecule has 0 aliphatic heterocycles. The molecule has 0 spiro atoms. The van der Waals surface area contributed by atoms with Crippen LogP contribution in [0.5, 0.6) is 0 Å². The molecule has 0 saturated heterocycles. The topological polar surface area (TPSA) is 43.1 Å². The van der Waals surface area contributed by atoms with Crippen LogP contribution in [0.4, 0.5) is 0 Å². The third-order valence-electron chi connectivity index (χ3n) is 1.74. The van der Waals surface area contributed by atoms with Crippen molar-refractivity contribution in [1.29, 1.82) is 0 Å². The van der Waals surface area contributed by atoms with E-state index in [2.05, 4.69) is 4.98 Å². The summed E-state index contributed by atoms with van der Waals surface area (Å²) in [5, 5.41) is 0. The fourth-order valence-corrected chi connectivity index (χ4v) is 1.17. The van der Waals surface area contributed by atoms with Gasteiger partial charge in [-0.15, -0.1) is 0 Å². The van der Waals surface area contributed by atoms with E-state index in [0.717, 1.165) is 0 Å². The normalized spacial score (nSPS) is 10.4. The smallest absolute Gasteiger partial charge is 0.182 e. The molecule has 0 aliphatic carbocycles. The Labute approximate surface area is 69.0 Å². The highest BCUT2D eigenvalue weighted by Gasteiger charge is 2.07. The molecule has 2 rings (SSSR count). The third-order valence-corrected chi connectivity index (χ3v) is 1.74. The Morgan fingerprint density at radius 3 is 3.08 bits per heavy atom. The van der Waals surface area contributed by atoms with Crippen molar-refractivity contribution in [3.63, 3.8) is 0 Å². The number of carbonyl (C=O) groups excluding carboxylic acids is 1. The van der Waals surface area contributed by atoms with Crippen molar-refractivity contribution < 1.29 is 9.21 Å². The number of oxazole rings is 1. The van der Waals surface area contributed by atoms with Crippen LogP contribution < -0.4 is 0 Å². The number of hydrogen-bond donors (Lipinski definition) is 0. The molecule has 1 aromatic heterocycles. The Morgan fingerprint density at radius 2 is 2.33 bits per heavy atom. The maximum atomic E-state index is 11.1. The van der Waals surface area contributed by atoms with E-state index in [0.29, 0.717) is 16.7 Å². The van der Waals surface area contributed by atoms with Gasteiger partial charge in [-0.2, -0.15) is 0 Å². The van der Waals surface area contributed by atoms with E-state index in [1.54, 1.807) is 18.2 Å². The molecule has 0 saturated carbocycles. The van der Waals surface area contributed by atoms with Crippen molar-refractivity contribution in [3.05, 3.63) is 30.2 Å². The van der Waals surface area contributed by atoms with Crippen molar-refractivity contribution in [1.82, 2.24) is 4.98 Å². The molecule has 0 radical (unpaired) electrons. The third kappa shape index (κ3) is 0.906. The van der Waals surface area contributed by atoms with E-state index in [9.17, 15) is 4.79 Å². The summed E-state index contributed by atoms with van der Waals surface area (Å²) in [6.07, 6.45) is 1.34. The summed E-state index contributed by atoms with van der Waals surface area (Å²) in [6.45, 7) is 1.52. The Hall–Kier alpha value is -1.64. The molecule has 0 unspecified atom stereocenters. The molecule has 1 aromatic carbocycles. The molecule has 0 bridgehead atoms. The lowest BCUT2D eigenvalue weighted by atomic mass is 10.1. The van der Waals surface area contributed by atoms with E-state index >= 15 is 0 Å². The SMILES string of the molecule is CC(=O)c1cccc2ocnc12. The molecule has 3 heteroatoms. The van der Waals surface area contributed by atoms with Gasteiger partial charge in [-0.3, -0.25) is 4.79 Å². The molecular formula is C9H7NO2. The van der Waals surface area contributed by atoms with Crippen LogP contribution >= 0.6 is 0 Å². The van der Waals surface area contributed by atoms with Crippen LogP contribution in [0, 0.1) is 0 Å². The lowest BCUT2D eigenvalue weighted by Crippen LogP contribution is -1.92. The molecule has 0 aliphatic rings. The maximum Gasteiger partial charge on any atom is 0.182 e. The first-order chi connectivity index (χ1) is 5.79. The largest absolute Gasteiger partial charge is 0.443 e. The van der Waals surface area contributed by atoms with Crippen LogP contribution in [-0.2, 0) is 0 Å². The monoisotopic (exact) mass is 161 g/mol. The first-order valence-electron chi connectivity index (χ1n) is 3.62. The molecule has 0 amide bonds. The number of fused-ring (bicyclic) bond motifs is 1. The Balaban J connectivity index is 2.82. The van der Waals surface area contributed by atoms with Gasteiger partial charge in [0.1, 0.15) is 5.52 Å². The number of para-hydroxylation sites is 1. The standard InChI is InChI=1S/C9H7NO2/c1-6(11)7-3-2-4-8-9(7)10-5-12-8/h2-5H,1H3. The highest BCUT2D eigenvalue weighted by atomic mass is 16.3. The summed E-state index contributed by atoms with van der Waals surface area (Å²) in [4.78, 5) is 15.0. The Kier molecular flexibility index (Phi) is 1.43. The molecule has 60 valence electrons. The Morgan fingerprint density at radius 1 is 1.50 bits per heavy atom. The number of Topliss-reactive ketones (excluding diaryl/α,β-unsaturated/α-hetero) is 1. The van der Waals surface area contributed by atoms with Gasteiger partial charge >= 0.3 is 0 Å². The summed E-state index contributed by atoms with van der Waals surface area (Å²) >= 11 is 0. The van der Waals surface area contributed by atoms with Crippen LogP contribution in [0.2, 0.25) is 0 Å². The van der Waals surface area contributed by atoms with Crippen molar-refractivity contribution in [2.75, 3.05) is 0 Å². The van der Waals surface area contributed by atoms with Gasteiger partial charge in [0.2, 0.25) is 0 Å². The molecule has 0 atom stereocenters. The average molecular weight is 161 g/mol. The fraction of sp³-hybridized carbons (Fsp3) is 0.111. The summed E-state index contributed by atoms with van der Waals surface area (Å²) < 4.78 is 5.05. The van der Waals surface area contributed by atoms with E-state index in [-0.39, 0.29) is 5.78 Å². The number of ketones is 1. The summed E-state index contributed by atoms with van der Waals surface area (Å²) in [7, 11) is 0. The first kappa shape index (κ1) is 7.03. The molecular weight excluding hydrogens is 154 g/mol. The molecule has 1 heterocycles. The van der Waals surface area contributed by atoms with Gasteiger partial charge < -0.3 is 4.42 Å². The van der Waals surface area contributed by atoms with E-state index in [4.69, 9.17) is 4.42 Å². The van der Waals surface area contributed by atoms with Gasteiger partial charge in [-0.25, -0.2) is 4.98 Å². The average Bonchev–Trinajstić information content (AvgIpc) is 2.49. The van der Waals surface area contributed by atoms with Crippen molar-refractivity contribution in [3.8, 4) is 0 Å². The number of aromatic nitrogens is 1. The van der Waals surface area contributed by atoms with Crippen molar-refractivity contribution >= 4 is 16.9 Å². The predicted octanol–water partition coefficient (Wildman–Crippen LogP) is 2.03. The van der Waals surface area contributed by atoms with Crippen molar-refractivity contribution in [2.45, 2.75) is 6.92 Å². The zero-order valence-electron chi connectivity index (χ0n) is 6.57. The number of benzene rings is 1. The zero-order valence-corrected chi connectivity index (χ0v) is 6.57. The molecule has 12 heavy (non-hydrogen) atoms. The maximum absolute atomic E-state index is 11.1. The van der Waals surface area contributed by atoms with Crippen LogP contribution in [0.1, 0.15) is 17.3 Å². The summed E-state index contributed by atoms with van der Waals surface area (Å²) in [5.74, 6) is 0.00880. The number of hydrogen-bond acceptors (Lipinski definition) is 3. The Bertz CT molecular complexity index is 431. The highest BCUT2D eigenvalue weighted by molar-refractivity contribution is 6.04. The predicted molar refractivity (Wildman–Crippen MR) is 44.0 cm³/mol. The van der Waals surface area contributed by atoms with E-state index in [1.807, 2.05) is 0 Å². The van der Waals surface area contributed by atoms with Crippen LogP contribution in [-0.4, -0.2) is 10.8 Å². The van der Waals surface area contributed by atoms with Gasteiger partial charge in [0.25, 0.3) is 0 Å². The quantitative estimate of drug-likeness (QED) is 0.601. The first-order valence-corrected chi connectivity index (χ1v) is 3.62. The lowest BCUT2D eigenvalue weighted by Gasteiger charge is -1.93. The number of carbonyl (C=O) groups is 1. The molecule has 3 nitrogen and oxygen atoms in total. The van der Waals surface area contributed by atoms with Gasteiger partial charge in [-0.1, -0.05) is 6.07 Å². The second-order valence-corrected chi connectivity index (χ2v) is 2.56. The van der Waals surface area contributed by atoms with Gasteiger partial charge in [0.05, 0.1) is 0 Å². The summed E-state index contributed by atoms with van der Waals surface area (Å²) in [5.41, 5.74) is 1.91. The second kappa shape index (κ2) is 2.44. The number of rotatable bonds is 1. The minimum Gasteiger partial charge on any atom is -0.443 e. The minimum atomic E-state index is 0.00880. The minimum absolute atomic E-state index is 0.00880. The van der Waals surface area contributed by atoms with Gasteiger partial charge in [0, 0.05) is 5.56 Å². The van der Waals surface area contributed by atoms with E-state index < -0.39 is 0 Å². The van der Waals surface area contributed by atoms with Crippen LogP contribution in [0.3, 0.4) is 0 Å². The van der Waals surface area contributed by atoms with Gasteiger partial charge in [-0.05, 0) is 19.1 Å². The van der Waals surface area contributed by atoms with Crippen LogP contribution in [0.25, 0.3) is 11.1 Å². The lowest BCUT2D eigenvalue weighted by molar-refractivity contribution is 0.101.